The van der Waals surface area contributed by atoms with Crippen LogP contribution in [-0.4, -0.2) is 35.1 Å². The van der Waals surface area contributed by atoms with Gasteiger partial charge in [-0.25, -0.2) is 0 Å². The van der Waals surface area contributed by atoms with Crippen molar-refractivity contribution < 1.29 is 14.9 Å². The summed E-state index contributed by atoms with van der Waals surface area (Å²) in [5.74, 6) is 0.511. The third-order valence-corrected chi connectivity index (χ3v) is 3.33. The van der Waals surface area contributed by atoms with Gasteiger partial charge in [-0.2, -0.15) is 0 Å². The fourth-order valence-corrected chi connectivity index (χ4v) is 1.79. The molecule has 1 rings (SSSR count). The second-order valence-electron chi connectivity index (χ2n) is 4.52. The number of hydrogen-bond acceptors (Lipinski definition) is 3. The Kier molecular flexibility index (Phi) is 4.35. The van der Waals surface area contributed by atoms with Gasteiger partial charge in [0.15, 0.2) is 0 Å². The lowest BCUT2D eigenvalue weighted by Gasteiger charge is -2.32. The molecule has 0 aromatic rings. The summed E-state index contributed by atoms with van der Waals surface area (Å²) < 4.78 is 5.25. The Bertz CT molecular complexity index is 162. The average Bonchev–Trinajstić information content (AvgIpc) is 2.19. The van der Waals surface area contributed by atoms with E-state index in [1.807, 2.05) is 6.92 Å². The molecule has 1 aliphatic heterocycles. The minimum absolute atomic E-state index is 0.511. The van der Waals surface area contributed by atoms with Crippen molar-refractivity contribution >= 4 is 0 Å². The van der Waals surface area contributed by atoms with Gasteiger partial charge in [-0.15, -0.1) is 0 Å². The maximum atomic E-state index is 9.84. The summed E-state index contributed by atoms with van der Waals surface area (Å²) in [4.78, 5) is 0. The largest absolute Gasteiger partial charge is 0.390 e. The van der Waals surface area contributed by atoms with Crippen LogP contribution in [0.3, 0.4) is 0 Å². The van der Waals surface area contributed by atoms with E-state index >= 15 is 0 Å². The fraction of sp³-hybridized carbons (Fsp3) is 1.00. The van der Waals surface area contributed by atoms with Crippen molar-refractivity contribution in [1.82, 2.24) is 0 Å². The fourth-order valence-electron chi connectivity index (χ4n) is 1.79. The number of rotatable bonds is 4. The summed E-state index contributed by atoms with van der Waals surface area (Å²) in [5.41, 5.74) is -0.932. The molecule has 0 spiro atoms. The first kappa shape index (κ1) is 12.0. The molecule has 14 heavy (non-hydrogen) atoms. The van der Waals surface area contributed by atoms with Gasteiger partial charge >= 0.3 is 0 Å². The van der Waals surface area contributed by atoms with E-state index in [0.29, 0.717) is 18.8 Å². The molecule has 1 fully saturated rings. The van der Waals surface area contributed by atoms with Crippen LogP contribution in [0.2, 0.25) is 0 Å². The van der Waals surface area contributed by atoms with Crippen LogP contribution in [0.15, 0.2) is 0 Å². The molecule has 3 nitrogen and oxygen atoms in total. The molecular weight excluding hydrogens is 180 g/mol. The minimum atomic E-state index is -0.932. The Morgan fingerprint density at radius 2 is 2.00 bits per heavy atom. The summed E-state index contributed by atoms with van der Waals surface area (Å²) >= 11 is 0. The van der Waals surface area contributed by atoms with Gasteiger partial charge in [0.1, 0.15) is 0 Å². The Morgan fingerprint density at radius 3 is 2.50 bits per heavy atom. The van der Waals surface area contributed by atoms with E-state index < -0.39 is 11.7 Å². The molecule has 1 heterocycles. The van der Waals surface area contributed by atoms with Gasteiger partial charge < -0.3 is 14.9 Å². The summed E-state index contributed by atoms with van der Waals surface area (Å²) in [6, 6.07) is 0. The van der Waals surface area contributed by atoms with Crippen LogP contribution in [0.1, 0.15) is 39.5 Å². The molecule has 2 atom stereocenters. The molecule has 1 saturated heterocycles. The van der Waals surface area contributed by atoms with Crippen molar-refractivity contribution in [2.24, 2.45) is 5.92 Å². The molecule has 3 heteroatoms. The van der Waals surface area contributed by atoms with Crippen LogP contribution in [0, 0.1) is 5.92 Å². The standard InChI is InChI=1S/C11H22O3/c1-3-11(2,13)10(12)8-9-4-6-14-7-5-9/h9-10,12-13H,3-8H2,1-2H3. The minimum Gasteiger partial charge on any atom is -0.390 e. The van der Waals surface area contributed by atoms with Crippen molar-refractivity contribution in [2.75, 3.05) is 13.2 Å². The van der Waals surface area contributed by atoms with Gasteiger partial charge in [0.05, 0.1) is 11.7 Å². The first-order valence-electron chi connectivity index (χ1n) is 5.54. The second-order valence-corrected chi connectivity index (χ2v) is 4.52. The third kappa shape index (κ3) is 3.23. The van der Waals surface area contributed by atoms with Crippen LogP contribution >= 0.6 is 0 Å². The average molecular weight is 202 g/mol. The molecule has 84 valence electrons. The lowest BCUT2D eigenvalue weighted by Crippen LogP contribution is -2.40. The van der Waals surface area contributed by atoms with Crippen LogP contribution in [-0.2, 0) is 4.74 Å². The van der Waals surface area contributed by atoms with Crippen molar-refractivity contribution in [1.29, 1.82) is 0 Å². The number of hydrogen-bond donors (Lipinski definition) is 2. The predicted molar refractivity (Wildman–Crippen MR) is 55.1 cm³/mol. The predicted octanol–water partition coefficient (Wildman–Crippen LogP) is 1.32. The molecule has 0 amide bonds. The van der Waals surface area contributed by atoms with E-state index in [1.54, 1.807) is 6.92 Å². The summed E-state index contributed by atoms with van der Waals surface area (Å²) in [6.45, 7) is 5.20. The van der Waals surface area contributed by atoms with Crippen molar-refractivity contribution in [3.05, 3.63) is 0 Å². The Morgan fingerprint density at radius 1 is 1.43 bits per heavy atom. The van der Waals surface area contributed by atoms with Crippen LogP contribution in [0.5, 0.6) is 0 Å². The first-order chi connectivity index (χ1) is 6.56. The number of ether oxygens (including phenoxy) is 1. The normalized spacial score (nSPS) is 25.7. The van der Waals surface area contributed by atoms with E-state index in [2.05, 4.69) is 0 Å². The zero-order chi connectivity index (χ0) is 10.6. The maximum absolute atomic E-state index is 9.84. The first-order valence-corrected chi connectivity index (χ1v) is 5.54. The van der Waals surface area contributed by atoms with Crippen molar-refractivity contribution in [2.45, 2.75) is 51.2 Å². The van der Waals surface area contributed by atoms with Gasteiger partial charge in [0.25, 0.3) is 0 Å². The van der Waals surface area contributed by atoms with Gasteiger partial charge in [0.2, 0.25) is 0 Å². The molecular formula is C11H22O3. The summed E-state index contributed by atoms with van der Waals surface area (Å²) in [6.07, 6.45) is 2.71. The third-order valence-electron chi connectivity index (χ3n) is 3.33. The molecule has 0 aromatic carbocycles. The molecule has 1 aliphatic rings. The molecule has 0 radical (unpaired) electrons. The zero-order valence-corrected chi connectivity index (χ0v) is 9.20. The van der Waals surface area contributed by atoms with E-state index in [4.69, 9.17) is 4.74 Å². The lowest BCUT2D eigenvalue weighted by molar-refractivity contribution is -0.0794. The van der Waals surface area contributed by atoms with Gasteiger partial charge in [-0.3, -0.25) is 0 Å². The van der Waals surface area contributed by atoms with E-state index in [0.717, 1.165) is 26.1 Å². The van der Waals surface area contributed by atoms with E-state index in [9.17, 15) is 10.2 Å². The topological polar surface area (TPSA) is 49.7 Å². The van der Waals surface area contributed by atoms with Gasteiger partial charge in [0, 0.05) is 13.2 Å². The monoisotopic (exact) mass is 202 g/mol. The van der Waals surface area contributed by atoms with E-state index in [-0.39, 0.29) is 0 Å². The smallest absolute Gasteiger partial charge is 0.0875 e. The quantitative estimate of drug-likeness (QED) is 0.723. The highest BCUT2D eigenvalue weighted by atomic mass is 16.5. The summed E-state index contributed by atoms with van der Waals surface area (Å²) in [5, 5.41) is 19.7. The highest BCUT2D eigenvalue weighted by Crippen LogP contribution is 2.26. The zero-order valence-electron chi connectivity index (χ0n) is 9.20. The second kappa shape index (κ2) is 5.10. The van der Waals surface area contributed by atoms with Crippen LogP contribution in [0.25, 0.3) is 0 Å². The molecule has 2 unspecified atom stereocenters. The molecule has 0 aliphatic carbocycles. The highest BCUT2D eigenvalue weighted by molar-refractivity contribution is 4.82. The maximum Gasteiger partial charge on any atom is 0.0875 e. The molecule has 0 saturated carbocycles. The SMILES string of the molecule is CCC(C)(O)C(O)CC1CCOCC1. The molecule has 0 bridgehead atoms. The molecule has 0 aromatic heterocycles. The Balaban J connectivity index is 2.34. The highest BCUT2D eigenvalue weighted by Gasteiger charge is 2.30. The van der Waals surface area contributed by atoms with Gasteiger partial charge in [-0.1, -0.05) is 6.92 Å². The van der Waals surface area contributed by atoms with Crippen LogP contribution < -0.4 is 0 Å². The van der Waals surface area contributed by atoms with Crippen molar-refractivity contribution in [3.63, 3.8) is 0 Å². The Hall–Kier alpha value is -0.120. The van der Waals surface area contributed by atoms with Gasteiger partial charge in [-0.05, 0) is 38.5 Å². The lowest BCUT2D eigenvalue weighted by atomic mass is 9.85. The molecule has 2 N–H and O–H groups in total. The van der Waals surface area contributed by atoms with E-state index in [1.165, 1.54) is 0 Å². The van der Waals surface area contributed by atoms with Crippen LogP contribution in [0.4, 0.5) is 0 Å². The number of aliphatic hydroxyl groups excluding tert-OH is 1. The Labute approximate surface area is 86.1 Å². The number of aliphatic hydroxyl groups is 2. The van der Waals surface area contributed by atoms with Crippen molar-refractivity contribution in [3.8, 4) is 0 Å². The summed E-state index contributed by atoms with van der Waals surface area (Å²) in [7, 11) is 0.